The van der Waals surface area contributed by atoms with E-state index in [4.69, 9.17) is 4.98 Å². The van der Waals surface area contributed by atoms with Crippen LogP contribution in [0.3, 0.4) is 0 Å². The number of nitrogens with zero attached hydrogens (tertiary/aromatic N) is 1. The van der Waals surface area contributed by atoms with Crippen molar-refractivity contribution in [1.82, 2.24) is 4.98 Å². The fourth-order valence-electron chi connectivity index (χ4n) is 7.66. The van der Waals surface area contributed by atoms with Crippen molar-refractivity contribution >= 4 is 43.2 Å². The smallest absolute Gasteiger partial charge is 0.0788 e. The molecule has 7 aromatic carbocycles. The summed E-state index contributed by atoms with van der Waals surface area (Å²) in [6.45, 7) is 4.74. The normalized spacial score (nSPS) is 13.5. The van der Waals surface area contributed by atoms with Gasteiger partial charge in [0.1, 0.15) is 0 Å². The van der Waals surface area contributed by atoms with E-state index < -0.39 is 0 Å². The monoisotopic (exact) mass is 547 g/mol. The fourth-order valence-corrected chi connectivity index (χ4v) is 7.66. The number of rotatable bonds is 2. The van der Waals surface area contributed by atoms with Gasteiger partial charge in [0.15, 0.2) is 0 Å². The molecule has 9 rings (SSSR count). The van der Waals surface area contributed by atoms with Crippen LogP contribution < -0.4 is 0 Å². The number of hydrogen-bond donors (Lipinski definition) is 0. The first-order chi connectivity index (χ1) is 21.1. The summed E-state index contributed by atoms with van der Waals surface area (Å²) in [5, 5.41) is 8.85. The maximum absolute atomic E-state index is 5.34. The summed E-state index contributed by atoms with van der Waals surface area (Å²) in [6.07, 6.45) is 0. The molecule has 1 aromatic heterocycles. The molecule has 0 radical (unpaired) electrons. The highest BCUT2D eigenvalue weighted by Crippen LogP contribution is 2.53. The van der Waals surface area contributed by atoms with E-state index in [-0.39, 0.29) is 5.41 Å². The van der Waals surface area contributed by atoms with Gasteiger partial charge in [0.25, 0.3) is 0 Å². The molecule has 0 unspecified atom stereocenters. The maximum Gasteiger partial charge on any atom is 0.0788 e. The summed E-state index contributed by atoms with van der Waals surface area (Å²) in [7, 11) is 0. The Labute approximate surface area is 251 Å². The van der Waals surface area contributed by atoms with Gasteiger partial charge in [0.05, 0.1) is 11.2 Å². The Kier molecular flexibility index (Phi) is 5.02. The maximum atomic E-state index is 5.34. The van der Waals surface area contributed by atoms with Crippen LogP contribution in [-0.2, 0) is 5.41 Å². The van der Waals surface area contributed by atoms with Crippen molar-refractivity contribution in [2.24, 2.45) is 0 Å². The van der Waals surface area contributed by atoms with Crippen LogP contribution in [0.4, 0.5) is 0 Å². The third-order valence-electron chi connectivity index (χ3n) is 9.60. The van der Waals surface area contributed by atoms with Crippen LogP contribution in [0.2, 0.25) is 0 Å². The number of para-hydroxylation sites is 1. The largest absolute Gasteiger partial charge is 0.247 e. The molecule has 43 heavy (non-hydrogen) atoms. The van der Waals surface area contributed by atoms with Crippen LogP contribution in [0.5, 0.6) is 0 Å². The van der Waals surface area contributed by atoms with Crippen molar-refractivity contribution in [3.05, 3.63) is 151 Å². The zero-order valence-electron chi connectivity index (χ0n) is 24.2. The number of fused-ring (bicyclic) bond motifs is 10. The van der Waals surface area contributed by atoms with Crippen molar-refractivity contribution in [3.63, 3.8) is 0 Å². The minimum Gasteiger partial charge on any atom is -0.247 e. The van der Waals surface area contributed by atoms with E-state index in [1.54, 1.807) is 0 Å². The molecule has 0 saturated carbocycles. The zero-order valence-corrected chi connectivity index (χ0v) is 24.2. The van der Waals surface area contributed by atoms with Crippen LogP contribution in [-0.4, -0.2) is 4.98 Å². The van der Waals surface area contributed by atoms with Crippen LogP contribution in [0.25, 0.3) is 76.7 Å². The van der Waals surface area contributed by atoms with Gasteiger partial charge in [0, 0.05) is 21.8 Å². The molecule has 0 fully saturated rings. The summed E-state index contributed by atoms with van der Waals surface area (Å²) in [4.78, 5) is 5.34. The van der Waals surface area contributed by atoms with Gasteiger partial charge in [-0.2, -0.15) is 0 Å². The molecule has 0 amide bonds. The van der Waals surface area contributed by atoms with Crippen LogP contribution >= 0.6 is 0 Å². The predicted molar refractivity (Wildman–Crippen MR) is 183 cm³/mol. The lowest BCUT2D eigenvalue weighted by molar-refractivity contribution is 0.666. The second-order valence-corrected chi connectivity index (χ2v) is 12.3. The van der Waals surface area contributed by atoms with E-state index in [1.807, 2.05) is 0 Å². The lowest BCUT2D eigenvalue weighted by Crippen LogP contribution is -2.15. The topological polar surface area (TPSA) is 12.9 Å². The van der Waals surface area contributed by atoms with Gasteiger partial charge in [-0.1, -0.05) is 135 Å². The highest BCUT2D eigenvalue weighted by molar-refractivity contribution is 6.17. The van der Waals surface area contributed by atoms with Gasteiger partial charge in [-0.15, -0.1) is 0 Å². The Morgan fingerprint density at radius 3 is 2.05 bits per heavy atom. The van der Waals surface area contributed by atoms with Crippen molar-refractivity contribution in [2.75, 3.05) is 0 Å². The summed E-state index contributed by atoms with van der Waals surface area (Å²) in [5.74, 6) is 0. The third kappa shape index (κ3) is 3.43. The molecule has 1 nitrogen and oxygen atoms in total. The average molecular weight is 548 g/mol. The van der Waals surface area contributed by atoms with Crippen molar-refractivity contribution in [1.29, 1.82) is 0 Å². The molecule has 0 atom stereocenters. The molecule has 1 aliphatic rings. The SMILES string of the molecule is CC1(C)c2ccccc2-c2ccc3c(-c4cccc(-c5cc6ccccc6c6ccccc56)c4)nc4ccccc4c3c21. The molecular formula is C42H29N. The van der Waals surface area contributed by atoms with E-state index in [2.05, 4.69) is 153 Å². The first kappa shape index (κ1) is 24.3. The van der Waals surface area contributed by atoms with Crippen molar-refractivity contribution in [2.45, 2.75) is 19.3 Å². The second kappa shape index (κ2) is 8.86. The molecule has 1 heteroatoms. The molecule has 1 aliphatic carbocycles. The molecule has 8 aromatic rings. The molecule has 0 saturated heterocycles. The minimum absolute atomic E-state index is 0.112. The van der Waals surface area contributed by atoms with E-state index in [9.17, 15) is 0 Å². The van der Waals surface area contributed by atoms with Crippen LogP contribution in [0.15, 0.2) is 140 Å². The first-order valence-corrected chi connectivity index (χ1v) is 15.1. The third-order valence-corrected chi connectivity index (χ3v) is 9.60. The molecule has 0 spiro atoms. The Bertz CT molecular complexity index is 2430. The Morgan fingerprint density at radius 1 is 0.465 bits per heavy atom. The van der Waals surface area contributed by atoms with Gasteiger partial charge in [-0.05, 0) is 78.5 Å². The van der Waals surface area contributed by atoms with Gasteiger partial charge in [-0.25, -0.2) is 4.98 Å². The number of hydrogen-bond acceptors (Lipinski definition) is 1. The van der Waals surface area contributed by atoms with Gasteiger partial charge < -0.3 is 0 Å². The van der Waals surface area contributed by atoms with Crippen LogP contribution in [0.1, 0.15) is 25.0 Å². The van der Waals surface area contributed by atoms with Gasteiger partial charge in [-0.3, -0.25) is 0 Å². The van der Waals surface area contributed by atoms with Gasteiger partial charge in [0.2, 0.25) is 0 Å². The lowest BCUT2D eigenvalue weighted by Gasteiger charge is -2.24. The Balaban J connectivity index is 1.33. The molecule has 0 N–H and O–H groups in total. The quantitative estimate of drug-likeness (QED) is 0.196. The van der Waals surface area contributed by atoms with E-state index in [0.717, 1.165) is 16.8 Å². The van der Waals surface area contributed by atoms with Gasteiger partial charge >= 0.3 is 0 Å². The fraction of sp³-hybridized carbons (Fsp3) is 0.0714. The number of pyridine rings is 1. The number of benzene rings is 7. The van der Waals surface area contributed by atoms with E-state index in [0.29, 0.717) is 0 Å². The standard InChI is InChI=1S/C42H29N/c1-42(2)37-20-9-7-18-32(37)33-22-23-35-39(40(33)42)34-19-8-10-21-38(34)43-41(35)28-14-11-13-26(24-28)36-25-27-12-3-4-15-29(27)30-16-5-6-17-31(30)36/h3-25H,1-2H3. The van der Waals surface area contributed by atoms with Crippen molar-refractivity contribution < 1.29 is 0 Å². The average Bonchev–Trinajstić information content (AvgIpc) is 3.30. The second-order valence-electron chi connectivity index (χ2n) is 12.3. The lowest BCUT2D eigenvalue weighted by atomic mass is 9.79. The molecular weight excluding hydrogens is 518 g/mol. The van der Waals surface area contributed by atoms with E-state index >= 15 is 0 Å². The molecule has 0 aliphatic heterocycles. The zero-order chi connectivity index (χ0) is 28.7. The number of aromatic nitrogens is 1. The summed E-state index contributed by atoms with van der Waals surface area (Å²) in [5.41, 5.74) is 11.0. The molecule has 0 bridgehead atoms. The van der Waals surface area contributed by atoms with E-state index in [1.165, 1.54) is 71.1 Å². The molecule has 202 valence electrons. The summed E-state index contributed by atoms with van der Waals surface area (Å²) in [6, 6.07) is 50.9. The van der Waals surface area contributed by atoms with Crippen LogP contribution in [0, 0.1) is 0 Å². The minimum atomic E-state index is -0.112. The highest BCUT2D eigenvalue weighted by Gasteiger charge is 2.37. The van der Waals surface area contributed by atoms with Crippen molar-refractivity contribution in [3.8, 4) is 33.5 Å². The highest BCUT2D eigenvalue weighted by atomic mass is 14.7. The summed E-state index contributed by atoms with van der Waals surface area (Å²) < 4.78 is 0. The predicted octanol–water partition coefficient (Wildman–Crippen LogP) is 11.3. The summed E-state index contributed by atoms with van der Waals surface area (Å²) >= 11 is 0. The molecule has 1 heterocycles. The Hall–Kier alpha value is -5.27. The first-order valence-electron chi connectivity index (χ1n) is 15.1. The Morgan fingerprint density at radius 2 is 1.16 bits per heavy atom.